The zero-order valence-electron chi connectivity index (χ0n) is 27.2. The standard InChI is InChI=1S/C35H47N5O5/c1-6-40(7-2)18-17-39(4)26-29-9-8-10-30(23-29)34(41)37-33-16-15-31(45-22-21-44-20-19-43-5)24-32(33)35(42)38-36-25-28-13-11-27(3)12-14-28/h8-16,23-25H,6-7,17-22,26H2,1-5H3,(H,37,41)(H,38,42). The van der Waals surface area contributed by atoms with Gasteiger partial charge in [0.05, 0.1) is 37.3 Å². The van der Waals surface area contributed by atoms with Crippen molar-refractivity contribution in [2.45, 2.75) is 27.3 Å². The third-order valence-corrected chi connectivity index (χ3v) is 7.20. The van der Waals surface area contributed by atoms with Gasteiger partial charge in [-0.05, 0) is 68.5 Å². The van der Waals surface area contributed by atoms with Gasteiger partial charge in [-0.25, -0.2) is 5.43 Å². The van der Waals surface area contributed by atoms with E-state index in [9.17, 15) is 9.59 Å². The number of hydrogen-bond acceptors (Lipinski definition) is 8. The summed E-state index contributed by atoms with van der Waals surface area (Å²) < 4.78 is 16.2. The van der Waals surface area contributed by atoms with Crippen molar-refractivity contribution in [3.8, 4) is 5.75 Å². The van der Waals surface area contributed by atoms with Crippen LogP contribution in [0.3, 0.4) is 0 Å². The van der Waals surface area contributed by atoms with Crippen LogP contribution < -0.4 is 15.5 Å². The molecule has 45 heavy (non-hydrogen) atoms. The molecular weight excluding hydrogens is 570 g/mol. The Kier molecular flexibility index (Phi) is 15.2. The van der Waals surface area contributed by atoms with Gasteiger partial charge in [-0.3, -0.25) is 9.59 Å². The van der Waals surface area contributed by atoms with Crippen molar-refractivity contribution in [1.82, 2.24) is 15.2 Å². The maximum atomic E-state index is 13.4. The second-order valence-corrected chi connectivity index (χ2v) is 10.7. The first-order valence-electron chi connectivity index (χ1n) is 15.4. The van der Waals surface area contributed by atoms with Crippen LogP contribution >= 0.6 is 0 Å². The molecule has 0 aromatic heterocycles. The largest absolute Gasteiger partial charge is 0.491 e. The number of nitrogens with one attached hydrogen (secondary N) is 2. The van der Waals surface area contributed by atoms with Crippen LogP contribution in [-0.4, -0.2) is 94.6 Å². The highest BCUT2D eigenvalue weighted by Crippen LogP contribution is 2.23. The minimum Gasteiger partial charge on any atom is -0.491 e. The Bertz CT molecular complexity index is 1380. The molecule has 0 atom stereocenters. The first-order chi connectivity index (χ1) is 21.8. The molecule has 10 heteroatoms. The van der Waals surface area contributed by atoms with Crippen molar-refractivity contribution < 1.29 is 23.8 Å². The van der Waals surface area contributed by atoms with Gasteiger partial charge in [0.1, 0.15) is 12.4 Å². The topological polar surface area (TPSA) is 105 Å². The summed E-state index contributed by atoms with van der Waals surface area (Å²) in [6, 6.07) is 20.3. The lowest BCUT2D eigenvalue weighted by molar-refractivity contribution is 0.0544. The molecule has 0 aliphatic rings. The third-order valence-electron chi connectivity index (χ3n) is 7.20. The van der Waals surface area contributed by atoms with Crippen LogP contribution in [-0.2, 0) is 16.0 Å². The van der Waals surface area contributed by atoms with Gasteiger partial charge < -0.3 is 29.3 Å². The van der Waals surface area contributed by atoms with Crippen LogP contribution in [0.25, 0.3) is 0 Å². The van der Waals surface area contributed by atoms with Crippen molar-refractivity contribution in [2.75, 3.05) is 72.1 Å². The van der Waals surface area contributed by atoms with Gasteiger partial charge in [-0.1, -0.05) is 55.8 Å². The molecule has 0 saturated carbocycles. The minimum absolute atomic E-state index is 0.217. The molecule has 0 heterocycles. The molecular formula is C35H47N5O5. The average molecular weight is 618 g/mol. The summed E-state index contributed by atoms with van der Waals surface area (Å²) >= 11 is 0. The Labute approximate surface area is 267 Å². The van der Waals surface area contributed by atoms with Crippen LogP contribution in [0.5, 0.6) is 5.75 Å². The number of likely N-dealkylation sites (N-methyl/N-ethyl adjacent to an activating group) is 2. The Hall–Kier alpha value is -4.09. The van der Waals surface area contributed by atoms with Gasteiger partial charge >= 0.3 is 0 Å². The molecule has 0 bridgehead atoms. The van der Waals surface area contributed by atoms with Gasteiger partial charge in [-0.15, -0.1) is 0 Å². The van der Waals surface area contributed by atoms with Gasteiger partial charge in [-0.2, -0.15) is 5.10 Å². The van der Waals surface area contributed by atoms with Crippen molar-refractivity contribution in [3.63, 3.8) is 0 Å². The lowest BCUT2D eigenvalue weighted by atomic mass is 10.1. The third kappa shape index (κ3) is 12.4. The number of ether oxygens (including phenoxy) is 3. The number of hydrazone groups is 1. The highest BCUT2D eigenvalue weighted by Gasteiger charge is 2.17. The number of benzene rings is 3. The number of carbonyl (C=O) groups is 2. The second kappa shape index (κ2) is 19.3. The number of rotatable bonds is 19. The normalized spacial score (nSPS) is 11.4. The highest BCUT2D eigenvalue weighted by atomic mass is 16.5. The van der Waals surface area contributed by atoms with Crippen LogP contribution in [0.2, 0.25) is 0 Å². The number of anilines is 1. The van der Waals surface area contributed by atoms with E-state index in [-0.39, 0.29) is 18.1 Å². The zero-order chi connectivity index (χ0) is 32.4. The van der Waals surface area contributed by atoms with Crippen molar-refractivity contribution in [2.24, 2.45) is 5.10 Å². The summed E-state index contributed by atoms with van der Waals surface area (Å²) in [7, 11) is 3.69. The van der Waals surface area contributed by atoms with Crippen molar-refractivity contribution in [1.29, 1.82) is 0 Å². The molecule has 2 amide bonds. The van der Waals surface area contributed by atoms with Crippen molar-refractivity contribution >= 4 is 23.7 Å². The quantitative estimate of drug-likeness (QED) is 0.113. The predicted octanol–water partition coefficient (Wildman–Crippen LogP) is 4.83. The Morgan fingerprint density at radius 3 is 2.38 bits per heavy atom. The van der Waals surface area contributed by atoms with E-state index >= 15 is 0 Å². The molecule has 0 fully saturated rings. The van der Waals surface area contributed by atoms with Gasteiger partial charge in [0.25, 0.3) is 11.8 Å². The summed E-state index contributed by atoms with van der Waals surface area (Å²) in [5, 5.41) is 7.03. The lowest BCUT2D eigenvalue weighted by Crippen LogP contribution is -2.32. The summed E-state index contributed by atoms with van der Waals surface area (Å²) in [5.74, 6) is -0.343. The monoisotopic (exact) mass is 617 g/mol. The molecule has 2 N–H and O–H groups in total. The van der Waals surface area contributed by atoms with E-state index in [2.05, 4.69) is 46.5 Å². The Morgan fingerprint density at radius 1 is 0.889 bits per heavy atom. The first kappa shape index (κ1) is 35.4. The maximum absolute atomic E-state index is 13.4. The Morgan fingerprint density at radius 2 is 1.64 bits per heavy atom. The van der Waals surface area contributed by atoms with E-state index in [1.807, 2.05) is 49.4 Å². The average Bonchev–Trinajstić information content (AvgIpc) is 3.04. The maximum Gasteiger partial charge on any atom is 0.273 e. The summed E-state index contributed by atoms with van der Waals surface area (Å²) in [6.07, 6.45) is 1.57. The second-order valence-electron chi connectivity index (χ2n) is 10.7. The van der Waals surface area contributed by atoms with Crippen molar-refractivity contribution in [3.05, 3.63) is 94.5 Å². The van der Waals surface area contributed by atoms with Gasteiger partial charge in [0, 0.05) is 32.3 Å². The molecule has 0 aliphatic heterocycles. The van der Waals surface area contributed by atoms with Crippen LogP contribution in [0.4, 0.5) is 5.69 Å². The van der Waals surface area contributed by atoms with E-state index in [0.29, 0.717) is 36.8 Å². The fraction of sp³-hybridized carbons (Fsp3) is 0.400. The SMILES string of the molecule is CCN(CC)CCN(C)Cc1cccc(C(=O)Nc2ccc(OCCOCCOC)cc2C(=O)NN=Cc2ccc(C)cc2)c1. The zero-order valence-corrected chi connectivity index (χ0v) is 27.2. The van der Waals surface area contributed by atoms with Crippen LogP contribution in [0.15, 0.2) is 71.8 Å². The number of amides is 2. The van der Waals surface area contributed by atoms with Crippen LogP contribution in [0.1, 0.15) is 51.3 Å². The van der Waals surface area contributed by atoms with E-state index in [0.717, 1.165) is 49.4 Å². The number of methoxy groups -OCH3 is 1. The molecule has 0 unspecified atom stereocenters. The van der Waals surface area contributed by atoms with E-state index in [1.165, 1.54) is 0 Å². The number of carbonyl (C=O) groups excluding carboxylic acids is 2. The fourth-order valence-electron chi connectivity index (χ4n) is 4.50. The molecule has 3 rings (SSSR count). The predicted molar refractivity (Wildman–Crippen MR) is 179 cm³/mol. The Balaban J connectivity index is 1.72. The number of nitrogens with zero attached hydrogens (tertiary/aromatic N) is 3. The summed E-state index contributed by atoms with van der Waals surface area (Å²) in [5.41, 5.74) is 6.64. The molecule has 3 aromatic carbocycles. The van der Waals surface area contributed by atoms with Gasteiger partial charge in [0.2, 0.25) is 0 Å². The fourth-order valence-corrected chi connectivity index (χ4v) is 4.50. The first-order valence-corrected chi connectivity index (χ1v) is 15.4. The smallest absolute Gasteiger partial charge is 0.273 e. The molecule has 0 aliphatic carbocycles. The van der Waals surface area contributed by atoms with E-state index in [1.54, 1.807) is 37.6 Å². The van der Waals surface area contributed by atoms with E-state index in [4.69, 9.17) is 14.2 Å². The van der Waals surface area contributed by atoms with Gasteiger partial charge in [0.15, 0.2) is 0 Å². The molecule has 0 spiro atoms. The molecule has 10 nitrogen and oxygen atoms in total. The lowest BCUT2D eigenvalue weighted by Gasteiger charge is -2.23. The molecule has 3 aromatic rings. The summed E-state index contributed by atoms with van der Waals surface area (Å²) in [4.78, 5) is 31.3. The molecule has 242 valence electrons. The number of hydrogen-bond donors (Lipinski definition) is 2. The minimum atomic E-state index is -0.487. The molecule has 0 radical (unpaired) electrons. The highest BCUT2D eigenvalue weighted by molar-refractivity contribution is 6.09. The van der Waals surface area contributed by atoms with E-state index < -0.39 is 5.91 Å². The molecule has 0 saturated heterocycles. The summed E-state index contributed by atoms with van der Waals surface area (Å²) in [6.45, 7) is 12.6. The van der Waals surface area contributed by atoms with Crippen LogP contribution in [0, 0.1) is 6.92 Å². The number of aryl methyl sites for hydroxylation is 1.